The van der Waals surface area contributed by atoms with Crippen molar-refractivity contribution in [1.29, 1.82) is 0 Å². The second-order valence-corrected chi connectivity index (χ2v) is 2.56. The molecular weight excluding hydrogens is 176 g/mol. The van der Waals surface area contributed by atoms with Crippen LogP contribution < -0.4 is 5.73 Å². The molecule has 0 radical (unpaired) electrons. The van der Waals surface area contributed by atoms with Crippen LogP contribution >= 0.6 is 0 Å². The zero-order chi connectivity index (χ0) is 10.0. The maximum atomic E-state index is 13.0. The zero-order valence-corrected chi connectivity index (χ0v) is 6.80. The molecule has 1 rings (SSSR count). The number of hydrogen-bond acceptors (Lipinski definition) is 2. The number of hydrogen-bond donors (Lipinski definition) is 2. The minimum absolute atomic E-state index is 0.0229. The number of benzene rings is 1. The third kappa shape index (κ3) is 1.67. The van der Waals surface area contributed by atoms with E-state index in [0.717, 1.165) is 6.07 Å². The van der Waals surface area contributed by atoms with Gasteiger partial charge >= 0.3 is 0 Å². The summed E-state index contributed by atoms with van der Waals surface area (Å²) < 4.78 is 25.8. The lowest BCUT2D eigenvalue weighted by Crippen LogP contribution is -2.09. The van der Waals surface area contributed by atoms with Crippen LogP contribution in [0.2, 0.25) is 0 Å². The quantitative estimate of drug-likeness (QED) is 0.691. The molecule has 0 bridgehead atoms. The maximum absolute atomic E-state index is 13.0. The van der Waals surface area contributed by atoms with Crippen LogP contribution in [-0.4, -0.2) is 5.11 Å². The van der Waals surface area contributed by atoms with Crippen LogP contribution in [0.15, 0.2) is 24.8 Å². The topological polar surface area (TPSA) is 46.2 Å². The fourth-order valence-corrected chi connectivity index (χ4v) is 0.939. The van der Waals surface area contributed by atoms with Gasteiger partial charge < -0.3 is 10.8 Å². The van der Waals surface area contributed by atoms with Crippen LogP contribution in [0.5, 0.6) is 5.75 Å². The number of rotatable bonds is 2. The molecule has 13 heavy (non-hydrogen) atoms. The molecule has 0 aliphatic rings. The first-order valence-electron chi connectivity index (χ1n) is 3.63. The number of phenolic OH excluding ortho intramolecular Hbond substituents is 1. The number of nitrogens with two attached hydrogens (primary N) is 1. The van der Waals surface area contributed by atoms with E-state index < -0.39 is 23.4 Å². The third-order valence-corrected chi connectivity index (χ3v) is 1.70. The molecule has 0 heterocycles. The molecule has 1 aromatic rings. The van der Waals surface area contributed by atoms with E-state index >= 15 is 0 Å². The van der Waals surface area contributed by atoms with Gasteiger partial charge in [-0.3, -0.25) is 0 Å². The van der Waals surface area contributed by atoms with Crippen LogP contribution in [0, 0.1) is 11.6 Å². The van der Waals surface area contributed by atoms with Gasteiger partial charge in [-0.25, -0.2) is 4.39 Å². The molecule has 0 aliphatic heterocycles. The minimum atomic E-state index is -1.28. The second kappa shape index (κ2) is 3.53. The molecule has 0 unspecified atom stereocenters. The Kier molecular flexibility index (Phi) is 2.63. The van der Waals surface area contributed by atoms with Gasteiger partial charge in [0.05, 0.1) is 6.04 Å². The van der Waals surface area contributed by atoms with Crippen molar-refractivity contribution in [2.24, 2.45) is 5.73 Å². The molecule has 70 valence electrons. The van der Waals surface area contributed by atoms with Gasteiger partial charge in [0.1, 0.15) is 0 Å². The highest BCUT2D eigenvalue weighted by Gasteiger charge is 2.15. The predicted molar refractivity (Wildman–Crippen MR) is 45.1 cm³/mol. The number of aromatic hydroxyl groups is 1. The summed E-state index contributed by atoms with van der Waals surface area (Å²) in [6.07, 6.45) is 1.29. The molecule has 3 N–H and O–H groups in total. The third-order valence-electron chi connectivity index (χ3n) is 1.70. The van der Waals surface area contributed by atoms with Crippen molar-refractivity contribution in [3.63, 3.8) is 0 Å². The fourth-order valence-electron chi connectivity index (χ4n) is 0.939. The molecule has 0 aliphatic carbocycles. The Morgan fingerprint density at radius 2 is 2.00 bits per heavy atom. The van der Waals surface area contributed by atoms with Crippen molar-refractivity contribution in [1.82, 2.24) is 0 Å². The minimum Gasteiger partial charge on any atom is -0.505 e. The highest BCUT2D eigenvalue weighted by molar-refractivity contribution is 5.32. The average Bonchev–Trinajstić information content (AvgIpc) is 2.13. The summed E-state index contributed by atoms with van der Waals surface area (Å²) >= 11 is 0. The van der Waals surface area contributed by atoms with Crippen LogP contribution in [0.4, 0.5) is 8.78 Å². The van der Waals surface area contributed by atoms with E-state index in [1.165, 1.54) is 12.1 Å². The smallest absolute Gasteiger partial charge is 0.200 e. The zero-order valence-electron chi connectivity index (χ0n) is 6.80. The summed E-state index contributed by atoms with van der Waals surface area (Å²) in [5.41, 5.74) is 5.38. The monoisotopic (exact) mass is 185 g/mol. The summed E-state index contributed by atoms with van der Waals surface area (Å²) in [7, 11) is 0. The van der Waals surface area contributed by atoms with E-state index in [1.807, 2.05) is 0 Å². The summed E-state index contributed by atoms with van der Waals surface area (Å²) in [5, 5.41) is 8.80. The average molecular weight is 185 g/mol. The van der Waals surface area contributed by atoms with Gasteiger partial charge in [0.15, 0.2) is 11.6 Å². The highest BCUT2D eigenvalue weighted by atomic mass is 19.2. The lowest BCUT2D eigenvalue weighted by Gasteiger charge is -2.08. The first kappa shape index (κ1) is 9.67. The molecule has 0 aromatic heterocycles. The van der Waals surface area contributed by atoms with E-state index in [4.69, 9.17) is 10.8 Å². The van der Waals surface area contributed by atoms with Crippen molar-refractivity contribution >= 4 is 0 Å². The Labute approximate surface area is 74.3 Å². The highest BCUT2D eigenvalue weighted by Crippen LogP contribution is 2.24. The van der Waals surface area contributed by atoms with Crippen LogP contribution in [0.1, 0.15) is 11.6 Å². The van der Waals surface area contributed by atoms with Gasteiger partial charge in [-0.1, -0.05) is 12.1 Å². The van der Waals surface area contributed by atoms with E-state index in [2.05, 4.69) is 6.58 Å². The molecule has 0 fully saturated rings. The van der Waals surface area contributed by atoms with Crippen molar-refractivity contribution in [3.8, 4) is 5.75 Å². The molecule has 0 saturated heterocycles. The SMILES string of the molecule is C=C[C@H](N)c1ccc(O)c(F)c1F. The van der Waals surface area contributed by atoms with E-state index in [1.54, 1.807) is 0 Å². The Morgan fingerprint density at radius 3 is 2.54 bits per heavy atom. The van der Waals surface area contributed by atoms with Crippen LogP contribution in [0.3, 0.4) is 0 Å². The largest absolute Gasteiger partial charge is 0.505 e. The van der Waals surface area contributed by atoms with Gasteiger partial charge in [-0.05, 0) is 6.07 Å². The Hall–Kier alpha value is -1.42. The van der Waals surface area contributed by atoms with Gasteiger partial charge in [0, 0.05) is 5.56 Å². The first-order chi connectivity index (χ1) is 6.07. The molecule has 1 aromatic carbocycles. The summed E-state index contributed by atoms with van der Waals surface area (Å²) in [6, 6.07) is 1.51. The lowest BCUT2D eigenvalue weighted by atomic mass is 10.1. The van der Waals surface area contributed by atoms with Crippen LogP contribution in [-0.2, 0) is 0 Å². The first-order valence-corrected chi connectivity index (χ1v) is 3.63. The summed E-state index contributed by atoms with van der Waals surface area (Å²) in [5.74, 6) is -3.14. The summed E-state index contributed by atoms with van der Waals surface area (Å²) in [4.78, 5) is 0. The predicted octanol–water partition coefficient (Wildman–Crippen LogP) is 1.86. The summed E-state index contributed by atoms with van der Waals surface area (Å²) in [6.45, 7) is 3.35. The van der Waals surface area contributed by atoms with E-state index in [9.17, 15) is 8.78 Å². The van der Waals surface area contributed by atoms with Gasteiger partial charge in [-0.2, -0.15) is 4.39 Å². The van der Waals surface area contributed by atoms with Gasteiger partial charge in [0.2, 0.25) is 5.82 Å². The molecule has 4 heteroatoms. The van der Waals surface area contributed by atoms with E-state index in [0.29, 0.717) is 0 Å². The van der Waals surface area contributed by atoms with Crippen molar-refractivity contribution < 1.29 is 13.9 Å². The standard InChI is InChI=1S/C9H9F2NO/c1-2-6(12)5-3-4-7(13)9(11)8(5)10/h2-4,6,13H,1,12H2/t6-/m0/s1. The van der Waals surface area contributed by atoms with Crippen molar-refractivity contribution in [2.45, 2.75) is 6.04 Å². The number of halogens is 2. The Bertz CT molecular complexity index is 339. The fraction of sp³-hybridized carbons (Fsp3) is 0.111. The maximum Gasteiger partial charge on any atom is 0.200 e. The number of phenols is 1. The second-order valence-electron chi connectivity index (χ2n) is 2.56. The molecule has 2 nitrogen and oxygen atoms in total. The van der Waals surface area contributed by atoms with Crippen LogP contribution in [0.25, 0.3) is 0 Å². The van der Waals surface area contributed by atoms with Gasteiger partial charge in [-0.15, -0.1) is 6.58 Å². The molecule has 0 saturated carbocycles. The van der Waals surface area contributed by atoms with Crippen molar-refractivity contribution in [3.05, 3.63) is 42.0 Å². The molecule has 1 atom stereocenters. The Balaban J connectivity index is 3.25. The Morgan fingerprint density at radius 1 is 1.38 bits per heavy atom. The molecule has 0 spiro atoms. The van der Waals surface area contributed by atoms with Gasteiger partial charge in [0.25, 0.3) is 0 Å². The normalized spacial score (nSPS) is 12.5. The molecular formula is C9H9F2NO. The van der Waals surface area contributed by atoms with E-state index in [-0.39, 0.29) is 5.56 Å². The molecule has 0 amide bonds. The van der Waals surface area contributed by atoms with Crippen molar-refractivity contribution in [2.75, 3.05) is 0 Å². The lowest BCUT2D eigenvalue weighted by molar-refractivity contribution is 0.403.